The van der Waals surface area contributed by atoms with Crippen LogP contribution < -0.4 is 5.32 Å². The Bertz CT molecular complexity index is 593. The SMILES string of the molecule is Cl.O=C(C1CC1c1c(F)cccc1Cl)N1CC[C@@H]2CNC[C@@H]2CC1. The van der Waals surface area contributed by atoms with Crippen molar-refractivity contribution in [2.45, 2.75) is 25.2 Å². The highest BCUT2D eigenvalue weighted by Gasteiger charge is 2.48. The summed E-state index contributed by atoms with van der Waals surface area (Å²) in [7, 11) is 0. The quantitative estimate of drug-likeness (QED) is 0.861. The van der Waals surface area contributed by atoms with E-state index in [4.69, 9.17) is 11.6 Å². The lowest BCUT2D eigenvalue weighted by atomic mass is 9.92. The number of hydrogen-bond acceptors (Lipinski definition) is 2. The van der Waals surface area contributed by atoms with E-state index in [1.54, 1.807) is 12.1 Å². The Morgan fingerprint density at radius 2 is 1.88 bits per heavy atom. The topological polar surface area (TPSA) is 32.3 Å². The van der Waals surface area contributed by atoms with Gasteiger partial charge in [0, 0.05) is 35.5 Å². The van der Waals surface area contributed by atoms with Gasteiger partial charge in [0.05, 0.1) is 0 Å². The second-order valence-corrected chi connectivity index (χ2v) is 7.57. The maximum atomic E-state index is 14.0. The van der Waals surface area contributed by atoms with Gasteiger partial charge in [-0.25, -0.2) is 4.39 Å². The zero-order valence-electron chi connectivity index (χ0n) is 13.5. The molecule has 2 saturated heterocycles. The Balaban J connectivity index is 0.00000169. The first-order chi connectivity index (χ1) is 11.1. The van der Waals surface area contributed by atoms with Crippen LogP contribution >= 0.6 is 24.0 Å². The van der Waals surface area contributed by atoms with Gasteiger partial charge in [-0.1, -0.05) is 17.7 Å². The number of likely N-dealkylation sites (tertiary alicyclic amines) is 1. The maximum absolute atomic E-state index is 14.0. The molecule has 2 unspecified atom stereocenters. The number of fused-ring (bicyclic) bond motifs is 1. The van der Waals surface area contributed by atoms with Crippen molar-refractivity contribution in [3.63, 3.8) is 0 Å². The summed E-state index contributed by atoms with van der Waals surface area (Å²) in [6.45, 7) is 3.86. The van der Waals surface area contributed by atoms with E-state index >= 15 is 0 Å². The van der Waals surface area contributed by atoms with Crippen molar-refractivity contribution in [2.75, 3.05) is 26.2 Å². The van der Waals surface area contributed by atoms with E-state index < -0.39 is 0 Å². The number of amides is 1. The molecule has 0 bridgehead atoms. The average Bonchev–Trinajstić information content (AvgIpc) is 3.23. The zero-order chi connectivity index (χ0) is 16.0. The Morgan fingerprint density at radius 1 is 1.21 bits per heavy atom. The van der Waals surface area contributed by atoms with E-state index in [9.17, 15) is 9.18 Å². The fourth-order valence-corrected chi connectivity index (χ4v) is 4.63. The second-order valence-electron chi connectivity index (χ2n) is 7.17. The van der Waals surface area contributed by atoms with Crippen LogP contribution in [0.3, 0.4) is 0 Å². The largest absolute Gasteiger partial charge is 0.342 e. The van der Waals surface area contributed by atoms with Crippen LogP contribution in [-0.4, -0.2) is 37.0 Å². The molecule has 0 spiro atoms. The molecule has 4 atom stereocenters. The number of halogens is 3. The minimum atomic E-state index is -0.283. The number of carbonyl (C=O) groups is 1. The maximum Gasteiger partial charge on any atom is 0.226 e. The van der Waals surface area contributed by atoms with E-state index in [0.29, 0.717) is 22.4 Å². The molecule has 4 rings (SSSR count). The van der Waals surface area contributed by atoms with Crippen molar-refractivity contribution in [3.05, 3.63) is 34.6 Å². The average molecular weight is 373 g/mol. The molecule has 1 aromatic carbocycles. The zero-order valence-corrected chi connectivity index (χ0v) is 15.1. The van der Waals surface area contributed by atoms with Gasteiger partial charge >= 0.3 is 0 Å². The number of nitrogens with one attached hydrogen (secondary N) is 1. The minimum Gasteiger partial charge on any atom is -0.342 e. The number of benzene rings is 1. The Hall–Kier alpha value is -0.840. The first-order valence-corrected chi connectivity index (χ1v) is 8.96. The number of hydrogen-bond donors (Lipinski definition) is 1. The van der Waals surface area contributed by atoms with Crippen LogP contribution in [-0.2, 0) is 4.79 Å². The summed E-state index contributed by atoms with van der Waals surface area (Å²) in [5.41, 5.74) is 0.531. The lowest BCUT2D eigenvalue weighted by Gasteiger charge is -2.21. The highest BCUT2D eigenvalue weighted by atomic mass is 35.5. The molecule has 1 aromatic rings. The normalized spacial score (nSPS) is 31.8. The summed E-state index contributed by atoms with van der Waals surface area (Å²) < 4.78 is 14.0. The standard InChI is InChI=1S/C18H22ClFN2O.ClH/c19-15-2-1-3-16(20)17(15)13-8-14(13)18(23)22-6-4-11-9-21-10-12(11)5-7-22;/h1-3,11-14,21H,4-10H2;1H/t11-,12+,13?,14?;. The molecule has 2 aliphatic heterocycles. The lowest BCUT2D eigenvalue weighted by molar-refractivity contribution is -0.132. The molecule has 0 aromatic heterocycles. The van der Waals surface area contributed by atoms with E-state index in [1.165, 1.54) is 6.07 Å². The van der Waals surface area contributed by atoms with Crippen LogP contribution in [0.1, 0.15) is 30.7 Å². The van der Waals surface area contributed by atoms with Gasteiger partial charge in [-0.15, -0.1) is 12.4 Å². The summed E-state index contributed by atoms with van der Waals surface area (Å²) in [4.78, 5) is 14.8. The smallest absolute Gasteiger partial charge is 0.226 e. The first-order valence-electron chi connectivity index (χ1n) is 8.58. The first kappa shape index (κ1) is 18.0. The van der Waals surface area contributed by atoms with Crippen LogP contribution in [0.25, 0.3) is 0 Å². The van der Waals surface area contributed by atoms with Gasteiger partial charge in [0.15, 0.2) is 0 Å². The van der Waals surface area contributed by atoms with E-state index in [1.807, 2.05) is 4.90 Å². The van der Waals surface area contributed by atoms with Crippen LogP contribution in [0.15, 0.2) is 18.2 Å². The molecular formula is C18H23Cl2FN2O. The minimum absolute atomic E-state index is 0. The van der Waals surface area contributed by atoms with Gasteiger partial charge in [-0.05, 0) is 56.3 Å². The third kappa shape index (κ3) is 3.29. The second kappa shape index (κ2) is 7.19. The van der Waals surface area contributed by atoms with Crippen molar-refractivity contribution in [1.29, 1.82) is 0 Å². The van der Waals surface area contributed by atoms with Crippen molar-refractivity contribution in [2.24, 2.45) is 17.8 Å². The summed E-state index contributed by atoms with van der Waals surface area (Å²) in [5.74, 6) is 1.21. The third-order valence-corrected chi connectivity index (χ3v) is 6.14. The molecule has 1 N–H and O–H groups in total. The van der Waals surface area contributed by atoms with Gasteiger partial charge in [0.2, 0.25) is 5.91 Å². The van der Waals surface area contributed by atoms with Gasteiger partial charge < -0.3 is 10.2 Å². The summed E-state index contributed by atoms with van der Waals surface area (Å²) in [5, 5.41) is 3.90. The predicted molar refractivity (Wildman–Crippen MR) is 95.2 cm³/mol. The van der Waals surface area contributed by atoms with Crippen molar-refractivity contribution in [1.82, 2.24) is 10.2 Å². The van der Waals surface area contributed by atoms with Gasteiger partial charge in [0.25, 0.3) is 0 Å². The predicted octanol–water partition coefficient (Wildman–Crippen LogP) is 3.46. The van der Waals surface area contributed by atoms with E-state index in [2.05, 4.69) is 5.32 Å². The molecule has 2 heterocycles. The van der Waals surface area contributed by atoms with Gasteiger partial charge in [-0.3, -0.25) is 4.79 Å². The van der Waals surface area contributed by atoms with Crippen molar-refractivity contribution < 1.29 is 9.18 Å². The molecule has 132 valence electrons. The number of carbonyl (C=O) groups excluding carboxylic acids is 1. The molecule has 3 fully saturated rings. The Morgan fingerprint density at radius 3 is 2.50 bits per heavy atom. The van der Waals surface area contributed by atoms with Crippen LogP contribution in [0, 0.1) is 23.6 Å². The van der Waals surface area contributed by atoms with E-state index in [-0.39, 0.29) is 36.0 Å². The Kier molecular flexibility index (Phi) is 5.38. The number of rotatable bonds is 2. The fraction of sp³-hybridized carbons (Fsp3) is 0.611. The third-order valence-electron chi connectivity index (χ3n) is 5.81. The number of nitrogens with zero attached hydrogens (tertiary/aromatic N) is 1. The highest BCUT2D eigenvalue weighted by Crippen LogP contribution is 2.51. The molecule has 24 heavy (non-hydrogen) atoms. The van der Waals surface area contributed by atoms with Gasteiger partial charge in [0.1, 0.15) is 5.82 Å². The van der Waals surface area contributed by atoms with Crippen LogP contribution in [0.2, 0.25) is 5.02 Å². The van der Waals surface area contributed by atoms with Crippen LogP contribution in [0.4, 0.5) is 4.39 Å². The highest BCUT2D eigenvalue weighted by molar-refractivity contribution is 6.31. The molecule has 1 saturated carbocycles. The molecule has 0 radical (unpaired) electrons. The molecule has 1 aliphatic carbocycles. The Labute approximate surface area is 153 Å². The summed E-state index contributed by atoms with van der Waals surface area (Å²) >= 11 is 6.14. The molecule has 1 amide bonds. The van der Waals surface area contributed by atoms with E-state index in [0.717, 1.165) is 45.4 Å². The fourth-order valence-electron chi connectivity index (χ4n) is 4.32. The van der Waals surface area contributed by atoms with Gasteiger partial charge in [-0.2, -0.15) is 0 Å². The monoisotopic (exact) mass is 372 g/mol. The molecule has 3 aliphatic rings. The summed E-state index contributed by atoms with van der Waals surface area (Å²) in [6, 6.07) is 4.75. The molecule has 6 heteroatoms. The van der Waals surface area contributed by atoms with Crippen molar-refractivity contribution in [3.8, 4) is 0 Å². The molecular weight excluding hydrogens is 350 g/mol. The summed E-state index contributed by atoms with van der Waals surface area (Å²) in [6.07, 6.45) is 2.90. The lowest BCUT2D eigenvalue weighted by Crippen LogP contribution is -2.34. The van der Waals surface area contributed by atoms with Crippen molar-refractivity contribution >= 4 is 29.9 Å². The molecule has 3 nitrogen and oxygen atoms in total. The van der Waals surface area contributed by atoms with Crippen LogP contribution in [0.5, 0.6) is 0 Å².